The van der Waals surface area contributed by atoms with Crippen LogP contribution in [-0.2, 0) is 11.3 Å². The summed E-state index contributed by atoms with van der Waals surface area (Å²) in [7, 11) is 0. The van der Waals surface area contributed by atoms with E-state index in [1.54, 1.807) is 6.20 Å². The van der Waals surface area contributed by atoms with Gasteiger partial charge in [0, 0.05) is 57.6 Å². The van der Waals surface area contributed by atoms with Crippen molar-refractivity contribution < 1.29 is 4.79 Å². The van der Waals surface area contributed by atoms with Gasteiger partial charge in [-0.1, -0.05) is 24.3 Å². The highest BCUT2D eigenvalue weighted by Crippen LogP contribution is 2.15. The van der Waals surface area contributed by atoms with E-state index in [9.17, 15) is 4.79 Å². The Kier molecular flexibility index (Phi) is 10.4. The highest BCUT2D eigenvalue weighted by molar-refractivity contribution is 14.0. The third kappa shape index (κ3) is 7.47. The second-order valence-electron chi connectivity index (χ2n) is 6.90. The molecule has 0 radical (unpaired) electrons. The second-order valence-corrected chi connectivity index (χ2v) is 6.90. The van der Waals surface area contributed by atoms with E-state index in [1.165, 1.54) is 5.69 Å². The number of amides is 1. The van der Waals surface area contributed by atoms with Crippen LogP contribution in [0.1, 0.15) is 19.0 Å². The number of piperazine rings is 1. The van der Waals surface area contributed by atoms with E-state index in [2.05, 4.69) is 49.8 Å². The van der Waals surface area contributed by atoms with Gasteiger partial charge < -0.3 is 20.4 Å². The summed E-state index contributed by atoms with van der Waals surface area (Å²) in [6.45, 7) is 7.13. The number of guanidine groups is 1. The molecule has 1 aliphatic rings. The minimum absolute atomic E-state index is 0. The molecule has 0 saturated carbocycles. The van der Waals surface area contributed by atoms with E-state index < -0.39 is 0 Å². The number of carbonyl (C=O) groups is 1. The van der Waals surface area contributed by atoms with Gasteiger partial charge >= 0.3 is 0 Å². The first-order chi connectivity index (χ1) is 14.3. The van der Waals surface area contributed by atoms with Gasteiger partial charge in [0.15, 0.2) is 5.96 Å². The van der Waals surface area contributed by atoms with Crippen LogP contribution in [-0.4, -0.2) is 61.0 Å². The third-order valence-corrected chi connectivity index (χ3v) is 4.85. The van der Waals surface area contributed by atoms with Gasteiger partial charge in [-0.15, -0.1) is 24.0 Å². The Morgan fingerprint density at radius 1 is 1.03 bits per heavy atom. The summed E-state index contributed by atoms with van der Waals surface area (Å²) in [6, 6.07) is 16.2. The molecule has 1 amide bonds. The number of hydrogen-bond acceptors (Lipinski definition) is 4. The molecule has 0 unspecified atom stereocenters. The maximum Gasteiger partial charge on any atom is 0.224 e. The lowest BCUT2D eigenvalue weighted by Gasteiger charge is -2.36. The molecule has 0 bridgehead atoms. The Bertz CT molecular complexity index is 779. The van der Waals surface area contributed by atoms with Crippen molar-refractivity contribution in [3.63, 3.8) is 0 Å². The summed E-state index contributed by atoms with van der Waals surface area (Å²) in [5.74, 6) is 0.894. The Labute approximate surface area is 196 Å². The minimum Gasteiger partial charge on any atom is -0.368 e. The molecule has 2 aromatic rings. The van der Waals surface area contributed by atoms with E-state index >= 15 is 0 Å². The first kappa shape index (κ1) is 23.9. The molecule has 30 heavy (non-hydrogen) atoms. The molecule has 1 aromatic carbocycles. The van der Waals surface area contributed by atoms with E-state index in [4.69, 9.17) is 0 Å². The molecule has 1 saturated heterocycles. The number of pyridine rings is 1. The number of anilines is 1. The highest BCUT2D eigenvalue weighted by atomic mass is 127. The smallest absolute Gasteiger partial charge is 0.224 e. The van der Waals surface area contributed by atoms with Crippen molar-refractivity contribution in [3.05, 3.63) is 60.4 Å². The van der Waals surface area contributed by atoms with Crippen molar-refractivity contribution in [1.82, 2.24) is 20.5 Å². The Morgan fingerprint density at radius 2 is 1.77 bits per heavy atom. The van der Waals surface area contributed by atoms with Gasteiger partial charge in [-0.2, -0.15) is 0 Å². The number of nitrogens with one attached hydrogen (secondary N) is 2. The molecule has 2 heterocycles. The SMILES string of the molecule is CCNC(=NCc1ccccn1)NCCC(=O)N1CCN(c2ccccc2)CC1.I. The molecule has 1 fully saturated rings. The number of hydrogen-bond donors (Lipinski definition) is 2. The quantitative estimate of drug-likeness (QED) is 0.332. The first-order valence-electron chi connectivity index (χ1n) is 10.3. The number of benzene rings is 1. The van der Waals surface area contributed by atoms with Gasteiger partial charge in [-0.3, -0.25) is 9.78 Å². The zero-order chi connectivity index (χ0) is 20.3. The van der Waals surface area contributed by atoms with E-state index in [0.29, 0.717) is 25.5 Å². The number of carbonyl (C=O) groups excluding carboxylic acids is 1. The summed E-state index contributed by atoms with van der Waals surface area (Å²) >= 11 is 0. The van der Waals surface area contributed by atoms with Crippen molar-refractivity contribution in [2.75, 3.05) is 44.2 Å². The molecule has 0 aliphatic carbocycles. The van der Waals surface area contributed by atoms with Crippen LogP contribution >= 0.6 is 24.0 Å². The van der Waals surface area contributed by atoms with Gasteiger partial charge in [-0.25, -0.2) is 4.99 Å². The number of aliphatic imine (C=N–C) groups is 1. The molecule has 8 heteroatoms. The number of aromatic nitrogens is 1. The van der Waals surface area contributed by atoms with E-state index in [-0.39, 0.29) is 29.9 Å². The monoisotopic (exact) mass is 522 g/mol. The van der Waals surface area contributed by atoms with Crippen molar-refractivity contribution >= 4 is 41.5 Å². The lowest BCUT2D eigenvalue weighted by Crippen LogP contribution is -2.49. The first-order valence-corrected chi connectivity index (χ1v) is 10.3. The predicted octanol–water partition coefficient (Wildman–Crippen LogP) is 2.49. The van der Waals surface area contributed by atoms with Crippen LogP contribution in [0.5, 0.6) is 0 Å². The van der Waals surface area contributed by atoms with Gasteiger partial charge in [0.1, 0.15) is 0 Å². The maximum absolute atomic E-state index is 12.6. The maximum atomic E-state index is 12.6. The third-order valence-electron chi connectivity index (χ3n) is 4.85. The molecule has 0 spiro atoms. The fourth-order valence-corrected chi connectivity index (χ4v) is 3.29. The zero-order valence-corrected chi connectivity index (χ0v) is 19.8. The van der Waals surface area contributed by atoms with Crippen LogP contribution in [0, 0.1) is 0 Å². The molecule has 0 atom stereocenters. The normalized spacial score (nSPS) is 14.1. The van der Waals surface area contributed by atoms with Gasteiger partial charge in [0.2, 0.25) is 5.91 Å². The van der Waals surface area contributed by atoms with Crippen molar-refractivity contribution in [1.29, 1.82) is 0 Å². The average Bonchev–Trinajstić information content (AvgIpc) is 2.79. The van der Waals surface area contributed by atoms with Crippen LogP contribution in [0.15, 0.2) is 59.7 Å². The van der Waals surface area contributed by atoms with Crippen molar-refractivity contribution in [2.45, 2.75) is 19.9 Å². The van der Waals surface area contributed by atoms with Gasteiger partial charge in [0.25, 0.3) is 0 Å². The van der Waals surface area contributed by atoms with Crippen LogP contribution in [0.2, 0.25) is 0 Å². The summed E-state index contributed by atoms with van der Waals surface area (Å²) in [6.07, 6.45) is 2.22. The van der Waals surface area contributed by atoms with Crippen LogP contribution in [0.25, 0.3) is 0 Å². The lowest BCUT2D eigenvalue weighted by atomic mass is 10.2. The average molecular weight is 522 g/mol. The minimum atomic E-state index is 0. The molecular weight excluding hydrogens is 491 g/mol. The van der Waals surface area contributed by atoms with Gasteiger partial charge in [-0.05, 0) is 31.2 Å². The molecule has 2 N–H and O–H groups in total. The summed E-state index contributed by atoms with van der Waals surface area (Å²) in [5, 5.41) is 6.46. The number of halogens is 1. The van der Waals surface area contributed by atoms with Crippen LogP contribution in [0.3, 0.4) is 0 Å². The van der Waals surface area contributed by atoms with Crippen molar-refractivity contribution in [2.24, 2.45) is 4.99 Å². The standard InChI is InChI=1S/C22H30N6O.HI/c1-2-23-22(26-18-19-8-6-7-12-24-19)25-13-11-21(29)28-16-14-27(15-17-28)20-9-4-3-5-10-20;/h3-10,12H,2,11,13-18H2,1H3,(H2,23,25,26);1H. The molecule has 1 aromatic heterocycles. The van der Waals surface area contributed by atoms with E-state index in [0.717, 1.165) is 38.4 Å². The summed E-state index contributed by atoms with van der Waals surface area (Å²) < 4.78 is 0. The molecule has 7 nitrogen and oxygen atoms in total. The summed E-state index contributed by atoms with van der Waals surface area (Å²) in [4.78, 5) is 25.7. The number of para-hydroxylation sites is 1. The fraction of sp³-hybridized carbons (Fsp3) is 0.409. The largest absolute Gasteiger partial charge is 0.368 e. The molecule has 3 rings (SSSR count). The molecule has 162 valence electrons. The van der Waals surface area contributed by atoms with Crippen LogP contribution < -0.4 is 15.5 Å². The molecule has 1 aliphatic heterocycles. The molecular formula is C22H31IN6O. The predicted molar refractivity (Wildman–Crippen MR) is 132 cm³/mol. The fourth-order valence-electron chi connectivity index (χ4n) is 3.29. The lowest BCUT2D eigenvalue weighted by molar-refractivity contribution is -0.131. The Morgan fingerprint density at radius 3 is 2.43 bits per heavy atom. The Hall–Kier alpha value is -2.36. The zero-order valence-electron chi connectivity index (χ0n) is 17.5. The van der Waals surface area contributed by atoms with Crippen LogP contribution in [0.4, 0.5) is 5.69 Å². The highest BCUT2D eigenvalue weighted by Gasteiger charge is 2.20. The topological polar surface area (TPSA) is 72.9 Å². The van der Waals surface area contributed by atoms with E-state index in [1.807, 2.05) is 36.1 Å². The summed E-state index contributed by atoms with van der Waals surface area (Å²) in [5.41, 5.74) is 2.14. The van der Waals surface area contributed by atoms with Gasteiger partial charge in [0.05, 0.1) is 12.2 Å². The second kappa shape index (κ2) is 13.0. The number of nitrogens with zero attached hydrogens (tertiary/aromatic N) is 4. The van der Waals surface area contributed by atoms with Crippen molar-refractivity contribution in [3.8, 4) is 0 Å². The number of rotatable bonds is 7. The Balaban J connectivity index is 0.00000320.